The van der Waals surface area contributed by atoms with E-state index in [0.29, 0.717) is 30.5 Å². The number of aromatic amines is 1. The van der Waals surface area contributed by atoms with Gasteiger partial charge in [0.1, 0.15) is 5.60 Å². The Labute approximate surface area is 147 Å². The Balaban J connectivity index is 1.67. The number of carbonyl (C=O) groups excluding carboxylic acids is 1. The second-order valence-corrected chi connectivity index (χ2v) is 9.37. The molecule has 3 rings (SSSR count). The number of hydrogen-bond donors (Lipinski definition) is 1. The van der Waals surface area contributed by atoms with Crippen molar-refractivity contribution in [1.82, 2.24) is 14.9 Å². The number of hydrogen-bond acceptors (Lipinski definition) is 5. The number of H-pyrrole nitrogens is 1. The lowest BCUT2D eigenvalue weighted by molar-refractivity contribution is 0.0289. The van der Waals surface area contributed by atoms with Crippen molar-refractivity contribution in [2.24, 2.45) is 5.92 Å². The molecule has 1 aliphatic rings. The van der Waals surface area contributed by atoms with E-state index in [1.54, 1.807) is 17.0 Å². The lowest BCUT2D eigenvalue weighted by Gasteiger charge is -2.24. The number of benzene rings is 1. The van der Waals surface area contributed by atoms with Crippen molar-refractivity contribution >= 4 is 27.0 Å². The molecule has 1 fully saturated rings. The number of nitrogens with one attached hydrogen (secondary N) is 1. The van der Waals surface area contributed by atoms with Gasteiger partial charge in [-0.2, -0.15) is 0 Å². The summed E-state index contributed by atoms with van der Waals surface area (Å²) in [4.78, 5) is 20.7. The zero-order chi connectivity index (χ0) is 18.2. The smallest absolute Gasteiger partial charge is 0.410 e. The van der Waals surface area contributed by atoms with Crippen LogP contribution < -0.4 is 0 Å². The summed E-state index contributed by atoms with van der Waals surface area (Å²) in [6, 6.07) is 7.20. The van der Waals surface area contributed by atoms with Gasteiger partial charge in [0.05, 0.1) is 16.8 Å². The molecule has 0 bridgehead atoms. The van der Waals surface area contributed by atoms with Gasteiger partial charge in [-0.3, -0.25) is 0 Å². The van der Waals surface area contributed by atoms with Gasteiger partial charge in [0, 0.05) is 13.1 Å². The average molecular weight is 365 g/mol. The molecule has 1 saturated heterocycles. The monoisotopic (exact) mass is 365 g/mol. The third-order valence-electron chi connectivity index (χ3n) is 4.05. The van der Waals surface area contributed by atoms with Crippen molar-refractivity contribution in [1.29, 1.82) is 0 Å². The first-order valence-corrected chi connectivity index (χ1v) is 9.95. The Morgan fingerprint density at radius 1 is 1.36 bits per heavy atom. The SMILES string of the molecule is CC(C)(C)OC(=O)N1CCC(CS(=O)(=O)c2nc3ccccc3[nH]2)C1. The van der Waals surface area contributed by atoms with Crippen LogP contribution in [0.5, 0.6) is 0 Å². The van der Waals surface area contributed by atoms with Crippen molar-refractivity contribution in [3.63, 3.8) is 0 Å². The number of amides is 1. The third kappa shape index (κ3) is 4.12. The molecule has 2 aromatic rings. The van der Waals surface area contributed by atoms with E-state index >= 15 is 0 Å². The summed E-state index contributed by atoms with van der Waals surface area (Å²) in [6.45, 7) is 6.32. The molecule has 2 heterocycles. The normalized spacial score (nSPS) is 18.7. The Kier molecular flexibility index (Phi) is 4.49. The van der Waals surface area contributed by atoms with Crippen LogP contribution in [-0.4, -0.2) is 53.8 Å². The minimum Gasteiger partial charge on any atom is -0.444 e. The fourth-order valence-corrected chi connectivity index (χ4v) is 4.48. The van der Waals surface area contributed by atoms with Crippen LogP contribution in [0, 0.1) is 5.92 Å². The lowest BCUT2D eigenvalue weighted by atomic mass is 10.2. The first-order valence-electron chi connectivity index (χ1n) is 8.29. The molecule has 0 aliphatic carbocycles. The van der Waals surface area contributed by atoms with Crippen LogP contribution in [0.4, 0.5) is 4.79 Å². The van der Waals surface area contributed by atoms with E-state index in [9.17, 15) is 13.2 Å². The van der Waals surface area contributed by atoms with E-state index in [4.69, 9.17) is 4.74 Å². The molecule has 1 atom stereocenters. The molecular formula is C17H23N3O4S. The van der Waals surface area contributed by atoms with E-state index < -0.39 is 21.5 Å². The number of carbonyl (C=O) groups is 1. The van der Waals surface area contributed by atoms with E-state index in [1.807, 2.05) is 32.9 Å². The van der Waals surface area contributed by atoms with Crippen LogP contribution in [0.3, 0.4) is 0 Å². The fraction of sp³-hybridized carbons (Fsp3) is 0.529. The highest BCUT2D eigenvalue weighted by molar-refractivity contribution is 7.91. The molecule has 7 nitrogen and oxygen atoms in total. The quantitative estimate of drug-likeness (QED) is 0.902. The molecular weight excluding hydrogens is 342 g/mol. The molecule has 1 amide bonds. The van der Waals surface area contributed by atoms with E-state index in [2.05, 4.69) is 9.97 Å². The maximum atomic E-state index is 12.6. The van der Waals surface area contributed by atoms with Crippen molar-refractivity contribution in [2.45, 2.75) is 37.9 Å². The average Bonchev–Trinajstić information content (AvgIpc) is 3.11. The van der Waals surface area contributed by atoms with Gasteiger partial charge in [0.15, 0.2) is 0 Å². The van der Waals surface area contributed by atoms with Gasteiger partial charge in [0.2, 0.25) is 15.0 Å². The molecule has 0 saturated carbocycles. The summed E-state index contributed by atoms with van der Waals surface area (Å²) in [5, 5.41) is -0.00980. The maximum Gasteiger partial charge on any atom is 0.410 e. The number of sulfone groups is 1. The molecule has 1 aromatic carbocycles. The number of nitrogens with zero attached hydrogens (tertiary/aromatic N) is 2. The zero-order valence-corrected chi connectivity index (χ0v) is 15.5. The van der Waals surface area contributed by atoms with Crippen LogP contribution in [0.15, 0.2) is 29.4 Å². The molecule has 0 radical (unpaired) electrons. The first kappa shape index (κ1) is 17.7. The van der Waals surface area contributed by atoms with Crippen molar-refractivity contribution < 1.29 is 17.9 Å². The van der Waals surface area contributed by atoms with Gasteiger partial charge in [-0.1, -0.05) is 12.1 Å². The first-order chi connectivity index (χ1) is 11.6. The summed E-state index contributed by atoms with van der Waals surface area (Å²) in [5.74, 6) is -0.155. The predicted octanol–water partition coefficient (Wildman–Crippen LogP) is 2.59. The van der Waals surface area contributed by atoms with Crippen molar-refractivity contribution in [3.8, 4) is 0 Å². The topological polar surface area (TPSA) is 92.4 Å². The van der Waals surface area contributed by atoms with Crippen LogP contribution >= 0.6 is 0 Å². The van der Waals surface area contributed by atoms with Gasteiger partial charge in [-0.15, -0.1) is 0 Å². The van der Waals surface area contributed by atoms with E-state index in [1.165, 1.54) is 0 Å². The molecule has 1 N–H and O–H groups in total. The minimum atomic E-state index is -3.54. The highest BCUT2D eigenvalue weighted by atomic mass is 32.2. The molecule has 8 heteroatoms. The molecule has 0 spiro atoms. The molecule has 1 aromatic heterocycles. The molecule has 136 valence electrons. The lowest BCUT2D eigenvalue weighted by Crippen LogP contribution is -2.35. The Morgan fingerprint density at radius 3 is 2.76 bits per heavy atom. The Hall–Kier alpha value is -2.09. The third-order valence-corrected chi connectivity index (χ3v) is 5.75. The van der Waals surface area contributed by atoms with Gasteiger partial charge in [0.25, 0.3) is 0 Å². The maximum absolute atomic E-state index is 12.6. The van der Waals surface area contributed by atoms with Crippen LogP contribution in [-0.2, 0) is 14.6 Å². The van der Waals surface area contributed by atoms with Crippen LogP contribution in [0.25, 0.3) is 11.0 Å². The summed E-state index contributed by atoms with van der Waals surface area (Å²) in [7, 11) is -3.54. The number of fused-ring (bicyclic) bond motifs is 1. The number of imidazole rings is 1. The van der Waals surface area contributed by atoms with E-state index in [-0.39, 0.29) is 16.8 Å². The summed E-state index contributed by atoms with van der Waals surface area (Å²) < 4.78 is 30.6. The van der Waals surface area contributed by atoms with Crippen LogP contribution in [0.2, 0.25) is 0 Å². The summed E-state index contributed by atoms with van der Waals surface area (Å²) >= 11 is 0. The van der Waals surface area contributed by atoms with Crippen LogP contribution in [0.1, 0.15) is 27.2 Å². The van der Waals surface area contributed by atoms with Crippen molar-refractivity contribution in [3.05, 3.63) is 24.3 Å². The van der Waals surface area contributed by atoms with Gasteiger partial charge in [-0.05, 0) is 45.2 Å². The Morgan fingerprint density at radius 2 is 2.08 bits per heavy atom. The highest BCUT2D eigenvalue weighted by Gasteiger charge is 2.33. The standard InChI is InChI=1S/C17H23N3O4S/c1-17(2,3)24-16(21)20-9-8-12(10-20)11-25(22,23)15-18-13-6-4-5-7-14(13)19-15/h4-7,12H,8-11H2,1-3H3,(H,18,19). The van der Waals surface area contributed by atoms with Gasteiger partial charge < -0.3 is 14.6 Å². The number of para-hydroxylation sites is 2. The number of likely N-dealkylation sites (tertiary alicyclic amines) is 1. The highest BCUT2D eigenvalue weighted by Crippen LogP contribution is 2.23. The molecule has 1 aliphatic heterocycles. The number of ether oxygens (including phenoxy) is 1. The predicted molar refractivity (Wildman–Crippen MR) is 94.1 cm³/mol. The van der Waals surface area contributed by atoms with Gasteiger partial charge >= 0.3 is 6.09 Å². The van der Waals surface area contributed by atoms with Gasteiger partial charge in [-0.25, -0.2) is 18.2 Å². The van der Waals surface area contributed by atoms with E-state index in [0.717, 1.165) is 0 Å². The largest absolute Gasteiger partial charge is 0.444 e. The fourth-order valence-electron chi connectivity index (χ4n) is 2.93. The second kappa shape index (κ2) is 6.33. The Bertz CT molecular complexity index is 850. The summed E-state index contributed by atoms with van der Waals surface area (Å²) in [6.07, 6.45) is 0.245. The number of aromatic nitrogens is 2. The number of rotatable bonds is 3. The second-order valence-electron chi connectivity index (χ2n) is 7.42. The molecule has 25 heavy (non-hydrogen) atoms. The minimum absolute atomic E-state index is 0.00980. The zero-order valence-electron chi connectivity index (χ0n) is 14.7. The van der Waals surface area contributed by atoms with Crippen molar-refractivity contribution in [2.75, 3.05) is 18.8 Å². The summed E-state index contributed by atoms with van der Waals surface area (Å²) in [5.41, 5.74) is 0.765. The molecule has 1 unspecified atom stereocenters.